The number of aryl methyl sites for hydroxylation is 3. The van der Waals surface area contributed by atoms with Crippen LogP contribution in [0.5, 0.6) is 0 Å². The van der Waals surface area contributed by atoms with Crippen molar-refractivity contribution in [1.82, 2.24) is 4.72 Å². The fourth-order valence-corrected chi connectivity index (χ4v) is 7.14. The van der Waals surface area contributed by atoms with E-state index in [0.717, 1.165) is 27.8 Å². The molecular weight excluding hydrogens is 650 g/mol. The first-order chi connectivity index (χ1) is 20.2. The van der Waals surface area contributed by atoms with E-state index in [1.165, 1.54) is 16.7 Å². The summed E-state index contributed by atoms with van der Waals surface area (Å²) in [5, 5.41) is 0. The van der Waals surface area contributed by atoms with E-state index in [0.29, 0.717) is 10.8 Å². The van der Waals surface area contributed by atoms with Crippen molar-refractivity contribution < 1.29 is 27.9 Å². The molecule has 0 spiro atoms. The van der Waals surface area contributed by atoms with Crippen LogP contribution >= 0.6 is 0 Å². The quantitative estimate of drug-likeness (QED) is 0.171. The minimum atomic E-state index is -3.88. The van der Waals surface area contributed by atoms with Crippen molar-refractivity contribution in [1.29, 1.82) is 0 Å². The number of sulfonamides is 1. The monoisotopic (exact) mass is 700 g/mol. The maximum absolute atomic E-state index is 14.1. The molecule has 4 rings (SSSR count). The second-order valence-electron chi connectivity index (χ2n) is 12.5. The van der Waals surface area contributed by atoms with Gasteiger partial charge in [0.1, 0.15) is 0 Å². The summed E-state index contributed by atoms with van der Waals surface area (Å²) in [5.41, 5.74) is 15.4. The molecule has 238 valence electrons. The Balaban J connectivity index is 0.000000579. The zero-order valence-electron chi connectivity index (χ0n) is 27.7. The molecule has 4 aromatic carbocycles. The average molecular weight is 700 g/mol. The zero-order chi connectivity index (χ0) is 31.9. The van der Waals surface area contributed by atoms with Crippen LogP contribution in [0.15, 0.2) is 95.9 Å². The van der Waals surface area contributed by atoms with Crippen LogP contribution in [-0.4, -0.2) is 8.42 Å². The Kier molecular flexibility index (Phi) is 14.2. The number of hydrogen-bond donors (Lipinski definition) is 2. The number of hydrogen-bond acceptors (Lipinski definition) is 3. The molecule has 3 N–H and O–H groups in total. The summed E-state index contributed by atoms with van der Waals surface area (Å²) in [6, 6.07) is 28.7. The largest absolute Gasteiger partial charge is 0.322 e. The van der Waals surface area contributed by atoms with E-state index in [9.17, 15) is 8.42 Å². The summed E-state index contributed by atoms with van der Waals surface area (Å²) in [7, 11) is -3.88. The molecule has 0 heterocycles. The smallest absolute Gasteiger partial charge is 0.241 e. The van der Waals surface area contributed by atoms with Crippen LogP contribution in [0, 0.1) is 20.8 Å². The molecule has 2 atom stereocenters. The second-order valence-corrected chi connectivity index (χ2v) is 14.2. The maximum Gasteiger partial charge on any atom is 0.241 e. The van der Waals surface area contributed by atoms with Crippen LogP contribution in [0.4, 0.5) is 0 Å². The molecule has 0 unspecified atom stereocenters. The summed E-state index contributed by atoms with van der Waals surface area (Å²) in [4.78, 5) is 0.392. The Morgan fingerprint density at radius 3 is 1.48 bits per heavy atom. The van der Waals surface area contributed by atoms with E-state index in [1.54, 1.807) is 0 Å². The van der Waals surface area contributed by atoms with E-state index in [-0.39, 0.29) is 31.3 Å². The topological polar surface area (TPSA) is 72.2 Å². The van der Waals surface area contributed by atoms with Crippen molar-refractivity contribution in [3.8, 4) is 0 Å². The molecule has 0 aromatic heterocycles. The number of nitrogens with two attached hydrogens (primary N) is 1. The zero-order valence-corrected chi connectivity index (χ0v) is 30.3. The predicted molar refractivity (Wildman–Crippen MR) is 182 cm³/mol. The van der Waals surface area contributed by atoms with Crippen LogP contribution < -0.4 is 10.5 Å². The van der Waals surface area contributed by atoms with Crippen molar-refractivity contribution in [3.63, 3.8) is 0 Å². The van der Waals surface area contributed by atoms with Crippen LogP contribution in [0.3, 0.4) is 0 Å². The van der Waals surface area contributed by atoms with Gasteiger partial charge in [-0.3, -0.25) is 0 Å². The molecular formula is C38H50N2O2RuS. The van der Waals surface area contributed by atoms with Crippen molar-refractivity contribution in [2.75, 3.05) is 0 Å². The van der Waals surface area contributed by atoms with E-state index in [4.69, 9.17) is 5.73 Å². The third-order valence-electron chi connectivity index (χ3n) is 7.99. The van der Waals surface area contributed by atoms with Crippen LogP contribution in [0.2, 0.25) is 0 Å². The van der Waals surface area contributed by atoms with Crippen LogP contribution in [0.25, 0.3) is 0 Å². The van der Waals surface area contributed by atoms with E-state index >= 15 is 0 Å². The number of rotatable bonds is 9. The van der Waals surface area contributed by atoms with Gasteiger partial charge in [-0.25, -0.2) is 13.1 Å². The minimum Gasteiger partial charge on any atom is -0.322 e. The van der Waals surface area contributed by atoms with Gasteiger partial charge in [0.15, 0.2) is 0 Å². The Bertz CT molecular complexity index is 1560. The molecule has 0 saturated heterocycles. The molecule has 0 aliphatic carbocycles. The van der Waals surface area contributed by atoms with Gasteiger partial charge in [-0.15, -0.1) is 0 Å². The third-order valence-corrected chi connectivity index (χ3v) is 9.57. The van der Waals surface area contributed by atoms with Gasteiger partial charge in [-0.2, -0.15) is 0 Å². The van der Waals surface area contributed by atoms with Crippen LogP contribution in [0.1, 0.15) is 116 Å². The molecule has 0 fully saturated rings. The maximum atomic E-state index is 14.1. The fraction of sp³-hybridized carbons (Fsp3) is 0.368. The van der Waals surface area contributed by atoms with E-state index in [2.05, 4.69) is 69.7 Å². The van der Waals surface area contributed by atoms with Crippen molar-refractivity contribution in [3.05, 3.63) is 136 Å². The molecule has 0 amide bonds. The van der Waals surface area contributed by atoms with Crippen molar-refractivity contribution in [2.45, 2.75) is 97.0 Å². The Morgan fingerprint density at radius 2 is 1.07 bits per heavy atom. The molecule has 4 nitrogen and oxygen atoms in total. The second kappa shape index (κ2) is 16.6. The summed E-state index contributed by atoms with van der Waals surface area (Å²) >= 11 is 0. The third kappa shape index (κ3) is 9.68. The first-order valence-corrected chi connectivity index (χ1v) is 16.8. The van der Waals surface area contributed by atoms with E-state index in [1.807, 2.05) is 88.4 Å². The Hall–Kier alpha value is -2.63. The summed E-state index contributed by atoms with van der Waals surface area (Å²) in [6.45, 7) is 18.9. The van der Waals surface area contributed by atoms with Gasteiger partial charge < -0.3 is 5.73 Å². The first kappa shape index (κ1) is 37.6. The van der Waals surface area contributed by atoms with Crippen molar-refractivity contribution in [2.24, 2.45) is 5.73 Å². The summed E-state index contributed by atoms with van der Waals surface area (Å²) in [6.07, 6.45) is 0. The van der Waals surface area contributed by atoms with Gasteiger partial charge in [0.25, 0.3) is 0 Å². The predicted octanol–water partition coefficient (Wildman–Crippen LogP) is 9.39. The normalized spacial score (nSPS) is 12.8. The van der Waals surface area contributed by atoms with Gasteiger partial charge in [0.05, 0.1) is 17.0 Å². The molecule has 4 aromatic rings. The van der Waals surface area contributed by atoms with Crippen LogP contribution in [-0.2, 0) is 29.5 Å². The summed E-state index contributed by atoms with van der Waals surface area (Å²) in [5.74, 6) is 0.421. The average Bonchev–Trinajstić information content (AvgIpc) is 2.98. The molecule has 0 aliphatic heterocycles. The first-order valence-electron chi connectivity index (χ1n) is 15.3. The van der Waals surface area contributed by atoms with Crippen molar-refractivity contribution >= 4 is 10.0 Å². The Morgan fingerprint density at radius 1 is 0.591 bits per heavy atom. The number of benzene rings is 4. The van der Waals surface area contributed by atoms with Gasteiger partial charge in [-0.1, -0.05) is 138 Å². The molecule has 44 heavy (non-hydrogen) atoms. The fourth-order valence-electron chi connectivity index (χ4n) is 5.19. The van der Waals surface area contributed by atoms with Gasteiger partial charge in [-0.05, 0) is 77.5 Å². The van der Waals surface area contributed by atoms with Gasteiger partial charge in [0.2, 0.25) is 10.0 Å². The molecule has 6 heteroatoms. The SMILES string of the molecule is CC(C)c1cc(C(C)C)c(S(=O)(=O)N[C@@H](c2ccccc2)[C@@H](N)c2ccccc2)c(C(C)C)c1.Cc1ccc(C)c(C)c1.[Ru]. The molecule has 0 bridgehead atoms. The molecule has 0 aliphatic rings. The molecule has 0 radical (unpaired) electrons. The van der Waals surface area contributed by atoms with Gasteiger partial charge in [0, 0.05) is 19.5 Å². The standard InChI is InChI=1S/C29H38N2O2S.C9H12.Ru/c1-19(2)24-17-25(20(3)4)29(26(18-24)21(5)6)34(32,33)31-28(23-15-11-8-12-16-23)27(30)22-13-9-7-10-14-22;1-7-4-5-8(2)9(3)6-7;/h7-21,27-28,31H,30H2,1-6H3;4-6H,1-3H3;/t27-,28-;;/m0../s1. The minimum absolute atomic E-state index is 0. The number of nitrogens with one attached hydrogen (secondary N) is 1. The van der Waals surface area contributed by atoms with Gasteiger partial charge >= 0.3 is 0 Å². The summed E-state index contributed by atoms with van der Waals surface area (Å²) < 4.78 is 31.2. The molecule has 0 saturated carbocycles. The Labute approximate surface area is 279 Å². The van der Waals surface area contributed by atoms with E-state index < -0.39 is 22.1 Å².